The summed E-state index contributed by atoms with van der Waals surface area (Å²) in [6.45, 7) is 0. The molecule has 1 aliphatic rings. The van der Waals surface area contributed by atoms with Crippen LogP contribution in [0.3, 0.4) is 0 Å². The number of alkyl halides is 1. The van der Waals surface area contributed by atoms with Crippen molar-refractivity contribution < 1.29 is 36.0 Å². The molecule has 0 spiro atoms. The molecule has 0 aliphatic heterocycles. The molecule has 5 nitrogen and oxygen atoms in total. The molecule has 1 aliphatic carbocycles. The number of carbonyl (C=O) groups excluding carboxylic acids is 1. The molecule has 25 heavy (non-hydrogen) atoms. The second-order valence-electron chi connectivity index (χ2n) is 5.37. The van der Waals surface area contributed by atoms with Crippen LogP contribution in [0, 0.1) is 11.6 Å². The van der Waals surface area contributed by atoms with Crippen molar-refractivity contribution in [1.82, 2.24) is 4.57 Å². The largest absolute Gasteiger partial charge is 0.798 e. The van der Waals surface area contributed by atoms with E-state index in [1.165, 1.54) is 0 Å². The Bertz CT molecular complexity index is 932. The van der Waals surface area contributed by atoms with Gasteiger partial charge in [0.05, 0.1) is 24.1 Å². The monoisotopic (exact) mass is 361 g/mol. The highest BCUT2D eigenvalue weighted by Crippen LogP contribution is 2.43. The number of benzene rings is 1. The number of hydrogen-bond acceptors (Lipinski definition) is 4. The van der Waals surface area contributed by atoms with E-state index in [0.717, 1.165) is 17.9 Å². The lowest BCUT2D eigenvalue weighted by atomic mass is 10.1. The van der Waals surface area contributed by atoms with E-state index in [9.17, 15) is 31.4 Å². The standard InChI is InChI=1S/C14H9BF5NO4/c1-24-13-10(18)8(17)2-5-11(13)21(9-3-7(9)16)4-6(12(5)22)14(23)25-15(19)20/h2,4,7,9H,3H2,1H3/t7-,9+/m1/s1. The van der Waals surface area contributed by atoms with E-state index >= 15 is 0 Å². The molecule has 132 valence electrons. The SMILES string of the molecule is COc1c(F)c(F)cc2c(=O)c(C(=O)OB(F)F)cn([C@H]3C[C@H]3F)c12. The molecule has 2 aromatic rings. The third-order valence-corrected chi connectivity index (χ3v) is 3.82. The van der Waals surface area contributed by atoms with Crippen LogP contribution in [0.15, 0.2) is 17.1 Å². The average Bonchev–Trinajstić information content (AvgIpc) is 3.25. The summed E-state index contributed by atoms with van der Waals surface area (Å²) in [6.07, 6.45) is -0.578. The Labute approximate surface area is 137 Å². The van der Waals surface area contributed by atoms with Gasteiger partial charge < -0.3 is 14.0 Å². The van der Waals surface area contributed by atoms with Gasteiger partial charge >= 0.3 is 13.4 Å². The molecule has 0 amide bonds. The molecule has 1 aromatic heterocycles. The van der Waals surface area contributed by atoms with Crippen molar-refractivity contribution in [2.45, 2.75) is 18.6 Å². The van der Waals surface area contributed by atoms with E-state index < -0.39 is 59.4 Å². The summed E-state index contributed by atoms with van der Waals surface area (Å²) in [5.41, 5.74) is -2.28. The molecule has 0 N–H and O–H groups in total. The van der Waals surface area contributed by atoms with Gasteiger partial charge in [0.15, 0.2) is 11.6 Å². The fraction of sp³-hybridized carbons (Fsp3) is 0.286. The van der Waals surface area contributed by atoms with Gasteiger partial charge in [-0.15, -0.1) is 0 Å². The second kappa shape index (κ2) is 6.05. The minimum atomic E-state index is -3.48. The lowest BCUT2D eigenvalue weighted by Crippen LogP contribution is -2.24. The molecular formula is C14H9BF5NO4. The topological polar surface area (TPSA) is 57.5 Å². The summed E-state index contributed by atoms with van der Waals surface area (Å²) < 4.78 is 75.1. The van der Waals surface area contributed by atoms with Gasteiger partial charge in [0.25, 0.3) is 0 Å². The fourth-order valence-corrected chi connectivity index (χ4v) is 2.61. The summed E-state index contributed by atoms with van der Waals surface area (Å²) in [4.78, 5) is 24.1. The van der Waals surface area contributed by atoms with Gasteiger partial charge in [-0.2, -0.15) is 4.39 Å². The zero-order valence-electron chi connectivity index (χ0n) is 12.6. The summed E-state index contributed by atoms with van der Waals surface area (Å²) in [6, 6.07) is -0.374. The van der Waals surface area contributed by atoms with Crippen LogP contribution in [-0.2, 0) is 4.65 Å². The quantitative estimate of drug-likeness (QED) is 0.621. The first kappa shape index (κ1) is 17.2. The number of pyridine rings is 1. The van der Waals surface area contributed by atoms with E-state index in [2.05, 4.69) is 4.65 Å². The van der Waals surface area contributed by atoms with E-state index in [0.29, 0.717) is 6.07 Å². The summed E-state index contributed by atoms with van der Waals surface area (Å²) in [5.74, 6) is -5.16. The molecule has 0 radical (unpaired) electrons. The number of hydrogen-bond donors (Lipinski definition) is 0. The van der Waals surface area contributed by atoms with Gasteiger partial charge in [0.1, 0.15) is 11.7 Å². The van der Waals surface area contributed by atoms with Gasteiger partial charge in [0.2, 0.25) is 11.2 Å². The van der Waals surface area contributed by atoms with Crippen LogP contribution in [0.25, 0.3) is 10.9 Å². The predicted molar refractivity (Wildman–Crippen MR) is 76.6 cm³/mol. The predicted octanol–water partition coefficient (Wildman–Crippen LogP) is 2.65. The van der Waals surface area contributed by atoms with Crippen molar-refractivity contribution in [3.05, 3.63) is 39.7 Å². The second-order valence-corrected chi connectivity index (χ2v) is 5.37. The van der Waals surface area contributed by atoms with Crippen molar-refractivity contribution >= 4 is 24.3 Å². The molecule has 1 heterocycles. The Morgan fingerprint density at radius 2 is 2.00 bits per heavy atom. The maximum Gasteiger partial charge on any atom is 0.798 e. The van der Waals surface area contributed by atoms with Crippen LogP contribution in [0.2, 0.25) is 0 Å². The number of nitrogens with zero attached hydrogens (tertiary/aromatic N) is 1. The van der Waals surface area contributed by atoms with Crippen molar-refractivity contribution in [3.63, 3.8) is 0 Å². The number of methoxy groups -OCH3 is 1. The summed E-state index contributed by atoms with van der Waals surface area (Å²) in [7, 11) is -2.46. The summed E-state index contributed by atoms with van der Waals surface area (Å²) in [5, 5.41) is -0.515. The van der Waals surface area contributed by atoms with E-state index in [-0.39, 0.29) is 11.9 Å². The Morgan fingerprint density at radius 3 is 2.52 bits per heavy atom. The summed E-state index contributed by atoms with van der Waals surface area (Å²) >= 11 is 0. The van der Waals surface area contributed by atoms with Crippen LogP contribution in [0.5, 0.6) is 5.75 Å². The van der Waals surface area contributed by atoms with Gasteiger partial charge in [-0.25, -0.2) is 22.2 Å². The Hall–Kier alpha value is -2.59. The van der Waals surface area contributed by atoms with Gasteiger partial charge in [0, 0.05) is 12.6 Å². The average molecular weight is 361 g/mol. The van der Waals surface area contributed by atoms with Crippen LogP contribution in [0.1, 0.15) is 22.8 Å². The first-order valence-electron chi connectivity index (χ1n) is 7.00. The van der Waals surface area contributed by atoms with E-state index in [1.54, 1.807) is 0 Å². The first-order chi connectivity index (χ1) is 11.8. The third-order valence-electron chi connectivity index (χ3n) is 3.82. The number of halogens is 5. The van der Waals surface area contributed by atoms with Crippen molar-refractivity contribution in [1.29, 1.82) is 0 Å². The Balaban J connectivity index is 2.36. The fourth-order valence-electron chi connectivity index (χ4n) is 2.61. The molecule has 1 aromatic carbocycles. The smallest absolute Gasteiger partial charge is 0.491 e. The zero-order chi connectivity index (χ0) is 18.5. The van der Waals surface area contributed by atoms with E-state index in [1.807, 2.05) is 0 Å². The number of carbonyl (C=O) groups is 1. The zero-order valence-corrected chi connectivity index (χ0v) is 12.6. The normalized spacial score (nSPS) is 19.0. The van der Waals surface area contributed by atoms with Gasteiger partial charge in [-0.1, -0.05) is 0 Å². The van der Waals surface area contributed by atoms with Crippen LogP contribution in [-0.4, -0.2) is 31.3 Å². The van der Waals surface area contributed by atoms with Crippen molar-refractivity contribution in [2.75, 3.05) is 7.11 Å². The molecule has 2 atom stereocenters. The third kappa shape index (κ3) is 2.83. The molecule has 0 bridgehead atoms. The molecule has 1 fully saturated rings. The molecule has 1 saturated carbocycles. The minimum absolute atomic E-state index is 0.0105. The lowest BCUT2D eigenvalue weighted by Gasteiger charge is -2.16. The Morgan fingerprint density at radius 1 is 1.36 bits per heavy atom. The molecule has 0 saturated heterocycles. The maximum absolute atomic E-state index is 14.0. The van der Waals surface area contributed by atoms with Crippen LogP contribution in [0.4, 0.5) is 21.8 Å². The highest BCUT2D eigenvalue weighted by molar-refractivity contribution is 6.38. The molecule has 11 heteroatoms. The number of rotatable bonds is 4. The van der Waals surface area contributed by atoms with Crippen LogP contribution >= 0.6 is 0 Å². The number of ether oxygens (including phenoxy) is 1. The Kier molecular flexibility index (Phi) is 4.17. The van der Waals surface area contributed by atoms with Gasteiger partial charge in [-0.05, 0) is 6.07 Å². The highest BCUT2D eigenvalue weighted by atomic mass is 19.2. The highest BCUT2D eigenvalue weighted by Gasteiger charge is 2.41. The first-order valence-corrected chi connectivity index (χ1v) is 7.00. The van der Waals surface area contributed by atoms with Crippen molar-refractivity contribution in [3.8, 4) is 5.75 Å². The molecule has 3 rings (SSSR count). The van der Waals surface area contributed by atoms with Crippen LogP contribution < -0.4 is 10.2 Å². The number of fused-ring (bicyclic) bond motifs is 1. The van der Waals surface area contributed by atoms with Gasteiger partial charge in [-0.3, -0.25) is 4.79 Å². The molecule has 0 unspecified atom stereocenters. The molecular weight excluding hydrogens is 352 g/mol. The minimum Gasteiger partial charge on any atom is -0.491 e. The maximum atomic E-state index is 14.0. The lowest BCUT2D eigenvalue weighted by molar-refractivity contribution is 0.0693. The number of aromatic nitrogens is 1. The van der Waals surface area contributed by atoms with E-state index in [4.69, 9.17) is 4.74 Å². The van der Waals surface area contributed by atoms with Crippen molar-refractivity contribution in [2.24, 2.45) is 0 Å².